The number of aryl methyl sites for hydroxylation is 1. The number of rotatable bonds is 11. The summed E-state index contributed by atoms with van der Waals surface area (Å²) in [5.74, 6) is 1.89. The summed E-state index contributed by atoms with van der Waals surface area (Å²) in [6.45, 7) is 11.7. The molecule has 0 aliphatic carbocycles. The number of carbonyl (C=O) groups excluding carboxylic acids is 1. The fourth-order valence-electron chi connectivity index (χ4n) is 5.57. The number of benzene rings is 1. The molecule has 6 heteroatoms. The average Bonchev–Trinajstić information content (AvgIpc) is 2.86. The lowest BCUT2D eigenvalue weighted by atomic mass is 9.86. The maximum absolute atomic E-state index is 13.0. The van der Waals surface area contributed by atoms with Gasteiger partial charge in [-0.3, -0.25) is 9.78 Å². The van der Waals surface area contributed by atoms with Gasteiger partial charge in [-0.2, -0.15) is 0 Å². The zero-order valence-corrected chi connectivity index (χ0v) is 24.0. The van der Waals surface area contributed by atoms with Crippen molar-refractivity contribution in [3.05, 3.63) is 41.7 Å². The molecule has 0 radical (unpaired) electrons. The summed E-state index contributed by atoms with van der Waals surface area (Å²) in [6.07, 6.45) is 15.0. The molecule has 2 aliphatic rings. The second-order valence-electron chi connectivity index (χ2n) is 11.3. The molecule has 0 bridgehead atoms. The van der Waals surface area contributed by atoms with E-state index in [-0.39, 0.29) is 18.4 Å². The summed E-state index contributed by atoms with van der Waals surface area (Å²) in [7, 11) is 0. The molecular weight excluding hydrogens is 484 g/mol. The largest absolute Gasteiger partial charge is 0.482 e. The number of halogens is 1. The van der Waals surface area contributed by atoms with Crippen LogP contribution >= 0.6 is 12.4 Å². The first-order chi connectivity index (χ1) is 17.4. The van der Waals surface area contributed by atoms with Crippen molar-refractivity contribution in [1.82, 2.24) is 9.88 Å². The molecule has 1 aromatic carbocycles. The van der Waals surface area contributed by atoms with E-state index in [9.17, 15) is 4.79 Å². The first-order valence-corrected chi connectivity index (χ1v) is 14.1. The molecule has 0 spiro atoms. The van der Waals surface area contributed by atoms with Crippen molar-refractivity contribution < 1.29 is 14.3 Å². The number of fused-ring (bicyclic) bond motifs is 3. The highest BCUT2D eigenvalue weighted by Crippen LogP contribution is 2.49. The average molecular weight is 529 g/mol. The SMILES string of the molecule is CCCCCC(C)CCc1cc(OC(=O)CCN2CCCCC2)c2c(c1)OC(C)(C)c1ccncc1-2.Cl. The Kier molecular flexibility index (Phi) is 10.8. The number of carbonyl (C=O) groups is 1. The molecule has 2 aliphatic heterocycles. The van der Waals surface area contributed by atoms with Crippen molar-refractivity contribution in [2.24, 2.45) is 5.92 Å². The van der Waals surface area contributed by atoms with Gasteiger partial charge in [0.25, 0.3) is 0 Å². The quantitative estimate of drug-likeness (QED) is 0.170. The van der Waals surface area contributed by atoms with Crippen molar-refractivity contribution in [2.45, 2.75) is 97.5 Å². The Balaban J connectivity index is 0.00000380. The van der Waals surface area contributed by atoms with Gasteiger partial charge in [0.05, 0.1) is 12.0 Å². The fourth-order valence-corrected chi connectivity index (χ4v) is 5.57. The third-order valence-corrected chi connectivity index (χ3v) is 7.76. The molecule has 1 fully saturated rings. The number of nitrogens with zero attached hydrogens (tertiary/aromatic N) is 2. The van der Waals surface area contributed by atoms with E-state index in [0.29, 0.717) is 18.1 Å². The molecule has 0 N–H and O–H groups in total. The van der Waals surface area contributed by atoms with Gasteiger partial charge in [0, 0.05) is 30.1 Å². The van der Waals surface area contributed by atoms with Gasteiger partial charge >= 0.3 is 5.97 Å². The number of esters is 1. The van der Waals surface area contributed by atoms with E-state index >= 15 is 0 Å². The summed E-state index contributed by atoms with van der Waals surface area (Å²) in [5, 5.41) is 0. The number of likely N-dealkylation sites (tertiary alicyclic amines) is 1. The molecule has 0 amide bonds. The second-order valence-corrected chi connectivity index (χ2v) is 11.3. The Labute approximate surface area is 229 Å². The number of ether oxygens (including phenoxy) is 2. The van der Waals surface area contributed by atoms with E-state index in [1.54, 1.807) is 6.20 Å². The maximum Gasteiger partial charge on any atom is 0.312 e. The monoisotopic (exact) mass is 528 g/mol. The van der Waals surface area contributed by atoms with Crippen LogP contribution in [0.5, 0.6) is 11.5 Å². The number of aromatic nitrogens is 1. The minimum absolute atomic E-state index is 0. The minimum atomic E-state index is -0.479. The Morgan fingerprint density at radius 3 is 2.70 bits per heavy atom. The lowest BCUT2D eigenvalue weighted by molar-refractivity contribution is -0.134. The summed E-state index contributed by atoms with van der Waals surface area (Å²) in [6, 6.07) is 6.22. The van der Waals surface area contributed by atoms with Gasteiger partial charge in [0.15, 0.2) is 0 Å². The van der Waals surface area contributed by atoms with E-state index in [1.165, 1.54) is 44.9 Å². The van der Waals surface area contributed by atoms with E-state index in [1.807, 2.05) is 12.3 Å². The zero-order chi connectivity index (χ0) is 25.5. The fraction of sp³-hybridized carbons (Fsp3) is 0.613. The van der Waals surface area contributed by atoms with Crippen molar-refractivity contribution in [3.63, 3.8) is 0 Å². The number of hydrogen-bond donors (Lipinski definition) is 0. The standard InChI is InChI=1S/C31H44N2O3.ClH/c1-5-6-8-11-23(2)12-13-24-20-27(35-29(34)15-19-33-17-9-7-10-18-33)30-25-22-32-16-14-26(25)31(3,4)36-28(30)21-24;/h14,16,20-23H,5-13,15,17-19H2,1-4H3;1H. The Morgan fingerprint density at radius 1 is 1.16 bits per heavy atom. The van der Waals surface area contributed by atoms with Crippen LogP contribution in [0.1, 0.15) is 96.6 Å². The number of pyridine rings is 1. The van der Waals surface area contributed by atoms with Crippen molar-refractivity contribution in [2.75, 3.05) is 19.6 Å². The molecule has 0 saturated carbocycles. The van der Waals surface area contributed by atoms with Gasteiger partial charge in [-0.25, -0.2) is 0 Å². The maximum atomic E-state index is 13.0. The molecule has 1 atom stereocenters. The predicted octanol–water partition coefficient (Wildman–Crippen LogP) is 7.73. The number of hydrogen-bond acceptors (Lipinski definition) is 5. The van der Waals surface area contributed by atoms with Gasteiger partial charge < -0.3 is 14.4 Å². The Hall–Kier alpha value is -2.11. The molecule has 204 valence electrons. The Morgan fingerprint density at radius 2 is 1.95 bits per heavy atom. The summed E-state index contributed by atoms with van der Waals surface area (Å²) >= 11 is 0. The molecule has 2 aromatic rings. The van der Waals surface area contributed by atoms with Gasteiger partial charge in [0.2, 0.25) is 0 Å². The molecular formula is C31H45ClN2O3. The van der Waals surface area contributed by atoms with Crippen LogP contribution in [-0.4, -0.2) is 35.5 Å². The predicted molar refractivity (Wildman–Crippen MR) is 153 cm³/mol. The van der Waals surface area contributed by atoms with Crippen LogP contribution in [0.3, 0.4) is 0 Å². The van der Waals surface area contributed by atoms with Crippen LogP contribution in [0, 0.1) is 5.92 Å². The first kappa shape index (κ1) is 29.4. The molecule has 1 aromatic heterocycles. The molecule has 1 saturated heterocycles. The van der Waals surface area contributed by atoms with Crippen molar-refractivity contribution in [3.8, 4) is 22.6 Å². The van der Waals surface area contributed by atoms with Crippen LogP contribution in [0.25, 0.3) is 11.1 Å². The van der Waals surface area contributed by atoms with E-state index < -0.39 is 5.60 Å². The van der Waals surface area contributed by atoms with Crippen LogP contribution in [-0.2, 0) is 16.8 Å². The number of unbranched alkanes of at least 4 members (excludes halogenated alkanes) is 2. The van der Waals surface area contributed by atoms with Crippen molar-refractivity contribution >= 4 is 18.4 Å². The van der Waals surface area contributed by atoms with E-state index in [0.717, 1.165) is 60.5 Å². The zero-order valence-electron chi connectivity index (χ0n) is 23.2. The van der Waals surface area contributed by atoms with Gasteiger partial charge in [-0.1, -0.05) is 46.0 Å². The smallest absolute Gasteiger partial charge is 0.312 e. The van der Waals surface area contributed by atoms with E-state index in [4.69, 9.17) is 9.47 Å². The van der Waals surface area contributed by atoms with Gasteiger partial charge in [-0.05, 0) is 82.3 Å². The summed E-state index contributed by atoms with van der Waals surface area (Å²) in [5.41, 5.74) is 3.59. The second kappa shape index (κ2) is 13.6. The van der Waals surface area contributed by atoms with Crippen LogP contribution in [0.2, 0.25) is 0 Å². The van der Waals surface area contributed by atoms with Crippen molar-refractivity contribution in [1.29, 1.82) is 0 Å². The molecule has 4 rings (SSSR count). The normalized spacial score (nSPS) is 17.1. The highest BCUT2D eigenvalue weighted by molar-refractivity contribution is 5.85. The molecule has 37 heavy (non-hydrogen) atoms. The van der Waals surface area contributed by atoms with E-state index in [2.05, 4.69) is 49.7 Å². The highest BCUT2D eigenvalue weighted by Gasteiger charge is 2.35. The van der Waals surface area contributed by atoms with Crippen LogP contribution < -0.4 is 9.47 Å². The topological polar surface area (TPSA) is 51.7 Å². The summed E-state index contributed by atoms with van der Waals surface area (Å²) in [4.78, 5) is 19.8. The lowest BCUT2D eigenvalue weighted by Crippen LogP contribution is -2.32. The van der Waals surface area contributed by atoms with Crippen LogP contribution in [0.4, 0.5) is 0 Å². The third-order valence-electron chi connectivity index (χ3n) is 7.76. The highest BCUT2D eigenvalue weighted by atomic mass is 35.5. The Bertz CT molecular complexity index is 1030. The molecule has 1 unspecified atom stereocenters. The minimum Gasteiger partial charge on any atom is -0.482 e. The molecule has 3 heterocycles. The summed E-state index contributed by atoms with van der Waals surface area (Å²) < 4.78 is 12.6. The van der Waals surface area contributed by atoms with Gasteiger partial charge in [0.1, 0.15) is 17.1 Å². The van der Waals surface area contributed by atoms with Gasteiger partial charge in [-0.15, -0.1) is 12.4 Å². The van der Waals surface area contributed by atoms with Crippen LogP contribution in [0.15, 0.2) is 30.6 Å². The lowest BCUT2D eigenvalue weighted by Gasteiger charge is -2.35. The first-order valence-electron chi connectivity index (χ1n) is 14.1. The third kappa shape index (κ3) is 7.70. The molecule has 5 nitrogen and oxygen atoms in total. The number of piperidine rings is 1.